The lowest BCUT2D eigenvalue weighted by atomic mass is 10.1. The maximum Gasteiger partial charge on any atom is 0.227 e. The Morgan fingerprint density at radius 2 is 2.09 bits per heavy atom. The van der Waals surface area contributed by atoms with Crippen molar-refractivity contribution < 1.29 is 9.32 Å². The number of nitrogens with one attached hydrogen (secondary N) is 1. The SMILES string of the molecule is Cc1cc(NC(=O)CCn2cc(-c3ccccc3)cn2)no1. The van der Waals surface area contributed by atoms with Gasteiger partial charge in [-0.1, -0.05) is 35.5 Å². The quantitative estimate of drug-likeness (QED) is 0.785. The lowest BCUT2D eigenvalue weighted by Crippen LogP contribution is -2.14. The summed E-state index contributed by atoms with van der Waals surface area (Å²) in [7, 11) is 0. The van der Waals surface area contributed by atoms with Crippen LogP contribution in [0.1, 0.15) is 12.2 Å². The molecule has 0 bridgehead atoms. The zero-order chi connectivity index (χ0) is 15.4. The van der Waals surface area contributed by atoms with Gasteiger partial charge in [-0.25, -0.2) is 0 Å². The fourth-order valence-electron chi connectivity index (χ4n) is 2.11. The number of carbonyl (C=O) groups is 1. The molecule has 3 aromatic rings. The summed E-state index contributed by atoms with van der Waals surface area (Å²) in [5, 5.41) is 10.7. The molecule has 0 fully saturated rings. The van der Waals surface area contributed by atoms with Gasteiger partial charge in [0.2, 0.25) is 5.91 Å². The van der Waals surface area contributed by atoms with E-state index in [1.807, 2.05) is 36.5 Å². The van der Waals surface area contributed by atoms with E-state index in [1.165, 1.54) is 0 Å². The van der Waals surface area contributed by atoms with Crippen LogP contribution in [0.5, 0.6) is 0 Å². The topological polar surface area (TPSA) is 73.0 Å². The Hall–Kier alpha value is -2.89. The summed E-state index contributed by atoms with van der Waals surface area (Å²) in [5.74, 6) is 0.980. The molecule has 1 N–H and O–H groups in total. The maximum absolute atomic E-state index is 11.8. The second-order valence-electron chi connectivity index (χ2n) is 4.98. The number of amides is 1. The third-order valence-electron chi connectivity index (χ3n) is 3.20. The van der Waals surface area contributed by atoms with Gasteiger partial charge in [0, 0.05) is 30.8 Å². The molecule has 2 aromatic heterocycles. The molecule has 0 radical (unpaired) electrons. The van der Waals surface area contributed by atoms with Crippen molar-refractivity contribution in [3.05, 3.63) is 54.6 Å². The van der Waals surface area contributed by atoms with Crippen LogP contribution in [-0.4, -0.2) is 20.8 Å². The number of aromatic nitrogens is 3. The summed E-state index contributed by atoms with van der Waals surface area (Å²) >= 11 is 0. The minimum Gasteiger partial charge on any atom is -0.360 e. The van der Waals surface area contributed by atoms with Crippen molar-refractivity contribution in [1.29, 1.82) is 0 Å². The molecule has 0 aliphatic rings. The van der Waals surface area contributed by atoms with Gasteiger partial charge in [0.15, 0.2) is 5.82 Å². The molecule has 2 heterocycles. The molecule has 0 spiro atoms. The number of anilines is 1. The van der Waals surface area contributed by atoms with Gasteiger partial charge in [0.1, 0.15) is 5.76 Å². The van der Waals surface area contributed by atoms with Crippen LogP contribution >= 0.6 is 0 Å². The highest BCUT2D eigenvalue weighted by molar-refractivity contribution is 5.89. The van der Waals surface area contributed by atoms with Gasteiger partial charge >= 0.3 is 0 Å². The van der Waals surface area contributed by atoms with Crippen molar-refractivity contribution in [3.8, 4) is 11.1 Å². The summed E-state index contributed by atoms with van der Waals surface area (Å²) < 4.78 is 6.66. The summed E-state index contributed by atoms with van der Waals surface area (Å²) in [6.45, 7) is 2.28. The van der Waals surface area contributed by atoms with Gasteiger partial charge in [0.05, 0.1) is 6.20 Å². The molecule has 0 unspecified atom stereocenters. The molecule has 0 atom stereocenters. The van der Waals surface area contributed by atoms with Crippen LogP contribution in [0.15, 0.2) is 53.3 Å². The summed E-state index contributed by atoms with van der Waals surface area (Å²) in [6.07, 6.45) is 4.05. The summed E-state index contributed by atoms with van der Waals surface area (Å²) in [5.41, 5.74) is 2.14. The lowest BCUT2D eigenvalue weighted by molar-refractivity contribution is -0.116. The number of aryl methyl sites for hydroxylation is 2. The number of carbonyl (C=O) groups excluding carboxylic acids is 1. The molecule has 0 saturated carbocycles. The van der Waals surface area contributed by atoms with Gasteiger partial charge < -0.3 is 9.84 Å². The van der Waals surface area contributed by atoms with Crippen molar-refractivity contribution in [1.82, 2.24) is 14.9 Å². The van der Waals surface area contributed by atoms with Crippen LogP contribution in [0.2, 0.25) is 0 Å². The van der Waals surface area contributed by atoms with Crippen LogP contribution in [-0.2, 0) is 11.3 Å². The number of hydrogen-bond acceptors (Lipinski definition) is 4. The highest BCUT2D eigenvalue weighted by Crippen LogP contribution is 2.17. The molecule has 3 rings (SSSR count). The number of hydrogen-bond donors (Lipinski definition) is 1. The van der Waals surface area contributed by atoms with Gasteiger partial charge in [-0.2, -0.15) is 5.10 Å². The lowest BCUT2D eigenvalue weighted by Gasteiger charge is -2.02. The largest absolute Gasteiger partial charge is 0.360 e. The fraction of sp³-hybridized carbons (Fsp3) is 0.188. The van der Waals surface area contributed by atoms with E-state index in [2.05, 4.69) is 15.6 Å². The second-order valence-corrected chi connectivity index (χ2v) is 4.98. The van der Waals surface area contributed by atoms with Gasteiger partial charge in [-0.3, -0.25) is 9.48 Å². The predicted molar refractivity (Wildman–Crippen MR) is 82.1 cm³/mol. The predicted octanol–water partition coefficient (Wildman–Crippen LogP) is 2.88. The normalized spacial score (nSPS) is 10.6. The molecule has 0 saturated heterocycles. The molecule has 6 nitrogen and oxygen atoms in total. The van der Waals surface area contributed by atoms with Gasteiger partial charge in [-0.05, 0) is 12.5 Å². The average Bonchev–Trinajstić information content (AvgIpc) is 3.15. The average molecular weight is 296 g/mol. The van der Waals surface area contributed by atoms with Crippen molar-refractivity contribution in [2.45, 2.75) is 19.9 Å². The molecule has 112 valence electrons. The summed E-state index contributed by atoms with van der Waals surface area (Å²) in [4.78, 5) is 11.8. The molecule has 22 heavy (non-hydrogen) atoms. The Kier molecular flexibility index (Phi) is 4.00. The van der Waals surface area contributed by atoms with Gasteiger partial charge in [-0.15, -0.1) is 0 Å². The highest BCUT2D eigenvalue weighted by atomic mass is 16.5. The number of benzene rings is 1. The fourth-order valence-corrected chi connectivity index (χ4v) is 2.11. The number of nitrogens with zero attached hydrogens (tertiary/aromatic N) is 3. The molecule has 1 amide bonds. The monoisotopic (exact) mass is 296 g/mol. The van der Waals surface area contributed by atoms with Crippen molar-refractivity contribution in [3.63, 3.8) is 0 Å². The van der Waals surface area contributed by atoms with Crippen molar-refractivity contribution in [2.24, 2.45) is 0 Å². The Balaban J connectivity index is 1.56. The molecule has 0 aliphatic carbocycles. The van der Waals surface area contributed by atoms with E-state index in [0.29, 0.717) is 24.5 Å². The molecular weight excluding hydrogens is 280 g/mol. The van der Waals surface area contributed by atoms with Crippen LogP contribution < -0.4 is 5.32 Å². The van der Waals surface area contributed by atoms with Crippen LogP contribution in [0, 0.1) is 6.92 Å². The van der Waals surface area contributed by atoms with E-state index in [4.69, 9.17) is 4.52 Å². The van der Waals surface area contributed by atoms with Crippen LogP contribution in [0.4, 0.5) is 5.82 Å². The summed E-state index contributed by atoms with van der Waals surface area (Å²) in [6, 6.07) is 11.7. The Morgan fingerprint density at radius 1 is 1.27 bits per heavy atom. The first kappa shape index (κ1) is 14.1. The maximum atomic E-state index is 11.8. The highest BCUT2D eigenvalue weighted by Gasteiger charge is 2.07. The van der Waals surface area contributed by atoms with E-state index in [0.717, 1.165) is 11.1 Å². The molecule has 0 aliphatic heterocycles. The van der Waals surface area contributed by atoms with Gasteiger partial charge in [0.25, 0.3) is 0 Å². The smallest absolute Gasteiger partial charge is 0.227 e. The second kappa shape index (κ2) is 6.26. The Morgan fingerprint density at radius 3 is 2.82 bits per heavy atom. The zero-order valence-corrected chi connectivity index (χ0v) is 12.2. The standard InChI is InChI=1S/C16H16N4O2/c1-12-9-15(19-22-12)18-16(21)7-8-20-11-14(10-17-20)13-5-3-2-4-6-13/h2-6,9-11H,7-8H2,1H3,(H,18,19,21). The third kappa shape index (κ3) is 3.41. The first-order valence-electron chi connectivity index (χ1n) is 7.02. The van der Waals surface area contributed by atoms with E-state index in [-0.39, 0.29) is 5.91 Å². The van der Waals surface area contributed by atoms with Crippen LogP contribution in [0.25, 0.3) is 11.1 Å². The first-order valence-corrected chi connectivity index (χ1v) is 7.02. The minimum absolute atomic E-state index is 0.120. The molecule has 6 heteroatoms. The first-order chi connectivity index (χ1) is 10.7. The van der Waals surface area contributed by atoms with E-state index >= 15 is 0 Å². The van der Waals surface area contributed by atoms with E-state index in [9.17, 15) is 4.79 Å². The molecule has 1 aromatic carbocycles. The Labute approximate surface area is 127 Å². The Bertz CT molecular complexity index is 761. The number of rotatable bonds is 5. The van der Waals surface area contributed by atoms with E-state index in [1.54, 1.807) is 23.9 Å². The third-order valence-corrected chi connectivity index (χ3v) is 3.20. The van der Waals surface area contributed by atoms with Crippen molar-refractivity contribution >= 4 is 11.7 Å². The molecular formula is C16H16N4O2. The van der Waals surface area contributed by atoms with Crippen molar-refractivity contribution in [2.75, 3.05) is 5.32 Å². The van der Waals surface area contributed by atoms with E-state index < -0.39 is 0 Å². The van der Waals surface area contributed by atoms with Crippen LogP contribution in [0.3, 0.4) is 0 Å². The minimum atomic E-state index is -0.120. The zero-order valence-electron chi connectivity index (χ0n) is 12.2.